The highest BCUT2D eigenvalue weighted by Gasteiger charge is 2.17. The Hall–Kier alpha value is -0.380. The summed E-state index contributed by atoms with van der Waals surface area (Å²) in [6.07, 6.45) is 5.28. The van der Waals surface area contributed by atoms with Crippen LogP contribution in [0.2, 0.25) is 0 Å². The molecule has 0 aliphatic carbocycles. The second-order valence-corrected chi connectivity index (χ2v) is 4.73. The van der Waals surface area contributed by atoms with Crippen LogP contribution in [0.25, 0.3) is 0 Å². The number of urea groups is 1. The Kier molecular flexibility index (Phi) is 2.43. The molecule has 1 aliphatic rings. The number of carbonyl (C=O) groups excluding carboxylic acids is 1. The molecule has 0 aromatic carbocycles. The van der Waals surface area contributed by atoms with Crippen LogP contribution in [0.3, 0.4) is 0 Å². The maximum atomic E-state index is 11.1. The van der Waals surface area contributed by atoms with Crippen LogP contribution in [-0.4, -0.2) is 35.9 Å². The molecule has 1 fully saturated rings. The van der Waals surface area contributed by atoms with E-state index in [1.807, 2.05) is 4.31 Å². The van der Waals surface area contributed by atoms with Gasteiger partial charge in [0.05, 0.1) is 0 Å². The molecule has 10 heavy (non-hydrogen) atoms. The number of nitrogens with zero attached hydrogens (tertiary/aromatic N) is 1. The van der Waals surface area contributed by atoms with E-state index in [-0.39, 0.29) is 17.1 Å². The summed E-state index contributed by atoms with van der Waals surface area (Å²) < 4.78 is 1.92. The van der Waals surface area contributed by atoms with Crippen LogP contribution in [0.5, 0.6) is 0 Å². The third kappa shape index (κ3) is 1.56. The van der Waals surface area contributed by atoms with E-state index >= 15 is 0 Å². The van der Waals surface area contributed by atoms with Crippen molar-refractivity contribution in [2.45, 2.75) is 6.42 Å². The number of amides is 2. The van der Waals surface area contributed by atoms with Crippen molar-refractivity contribution in [3.05, 3.63) is 0 Å². The topological polar surface area (TPSA) is 32.3 Å². The lowest BCUT2D eigenvalue weighted by molar-refractivity contribution is 0.218. The number of nitrogens with one attached hydrogen (secondary N) is 1. The first-order valence-electron chi connectivity index (χ1n) is 3.44. The van der Waals surface area contributed by atoms with Gasteiger partial charge in [0.2, 0.25) is 0 Å². The lowest BCUT2D eigenvalue weighted by atomic mass is 10.4. The fourth-order valence-corrected chi connectivity index (χ4v) is 1.97. The fraction of sp³-hybridized carbons (Fsp3) is 0.833. The predicted molar refractivity (Wildman–Crippen MR) is 45.6 cm³/mol. The smallest absolute Gasteiger partial charge is 0.325 e. The monoisotopic (exact) mass is 162 g/mol. The first-order chi connectivity index (χ1) is 4.72. The Morgan fingerprint density at radius 2 is 2.30 bits per heavy atom. The first kappa shape index (κ1) is 7.72. The average molecular weight is 162 g/mol. The Balaban J connectivity index is 2.48. The molecule has 0 saturated carbocycles. The summed E-state index contributed by atoms with van der Waals surface area (Å²) in [5.41, 5.74) is 0. The van der Waals surface area contributed by atoms with Crippen molar-refractivity contribution in [1.82, 2.24) is 9.62 Å². The van der Waals surface area contributed by atoms with Crippen molar-refractivity contribution in [3.8, 4) is 0 Å². The second-order valence-electron chi connectivity index (χ2n) is 2.56. The highest BCUT2D eigenvalue weighted by molar-refractivity contribution is 8.14. The summed E-state index contributed by atoms with van der Waals surface area (Å²) in [6, 6.07) is 0.113. The zero-order valence-corrected chi connectivity index (χ0v) is 7.32. The van der Waals surface area contributed by atoms with Crippen LogP contribution in [0.1, 0.15) is 6.42 Å². The molecule has 0 aromatic heterocycles. The molecule has 1 rings (SSSR count). The third-order valence-corrected chi connectivity index (χ3v) is 2.89. The summed E-state index contributed by atoms with van der Waals surface area (Å²) >= 11 is -0.237. The molecule has 4 heteroatoms. The molecule has 0 aromatic rings. The predicted octanol–water partition coefficient (Wildman–Crippen LogP) is 0.578. The zero-order chi connectivity index (χ0) is 7.56. The van der Waals surface area contributed by atoms with E-state index in [9.17, 15) is 4.79 Å². The van der Waals surface area contributed by atoms with Gasteiger partial charge in [-0.2, -0.15) is 11.1 Å². The molecule has 3 nitrogen and oxygen atoms in total. The zero-order valence-electron chi connectivity index (χ0n) is 6.42. The molecule has 0 bridgehead atoms. The van der Waals surface area contributed by atoms with Gasteiger partial charge in [0.1, 0.15) is 0 Å². The Bertz CT molecular complexity index is 138. The normalized spacial score (nSPS) is 20.4. The van der Waals surface area contributed by atoms with Gasteiger partial charge >= 0.3 is 6.03 Å². The summed E-state index contributed by atoms with van der Waals surface area (Å²) in [5, 5.41) is 2.82. The lowest BCUT2D eigenvalue weighted by Crippen LogP contribution is -2.44. The van der Waals surface area contributed by atoms with Crippen molar-refractivity contribution in [2.24, 2.45) is 0 Å². The van der Waals surface area contributed by atoms with Crippen LogP contribution in [0, 0.1) is 0 Å². The van der Waals surface area contributed by atoms with E-state index in [0.29, 0.717) is 0 Å². The molecule has 2 amide bonds. The fourth-order valence-electron chi connectivity index (χ4n) is 0.999. The molecule has 60 valence electrons. The summed E-state index contributed by atoms with van der Waals surface area (Å²) in [6.45, 7) is 1.78. The molecular weight excluding hydrogens is 148 g/mol. The molecule has 0 spiro atoms. The minimum absolute atomic E-state index is 0.113. The lowest BCUT2D eigenvalue weighted by Gasteiger charge is -2.32. The average Bonchev–Trinajstić information content (AvgIpc) is 1.88. The van der Waals surface area contributed by atoms with E-state index in [1.165, 1.54) is 0 Å². The molecule has 1 aliphatic heterocycles. The molecule has 0 atom stereocenters. The van der Waals surface area contributed by atoms with Crippen molar-refractivity contribution < 1.29 is 4.79 Å². The molecule has 1 saturated heterocycles. The molecule has 1 heterocycles. The molecule has 0 radical (unpaired) electrons. The number of thiol groups is 1. The van der Waals surface area contributed by atoms with Gasteiger partial charge in [-0.15, -0.1) is 0 Å². The second kappa shape index (κ2) is 3.14. The quantitative estimate of drug-likeness (QED) is 0.543. The van der Waals surface area contributed by atoms with Gasteiger partial charge in [0, 0.05) is 13.1 Å². The van der Waals surface area contributed by atoms with Crippen LogP contribution in [0.4, 0.5) is 4.79 Å². The highest BCUT2D eigenvalue weighted by Crippen LogP contribution is 2.22. The maximum absolute atomic E-state index is 11.1. The van der Waals surface area contributed by atoms with Crippen LogP contribution in [-0.2, 0) is 0 Å². The van der Waals surface area contributed by atoms with Gasteiger partial charge in [-0.3, -0.25) is 4.31 Å². The van der Waals surface area contributed by atoms with Gasteiger partial charge in [0.25, 0.3) is 0 Å². The van der Waals surface area contributed by atoms with Crippen molar-refractivity contribution in [3.63, 3.8) is 0 Å². The van der Waals surface area contributed by atoms with E-state index < -0.39 is 0 Å². The number of hydrogen-bond donors (Lipinski definition) is 2. The number of carbonyl (C=O) groups is 1. The van der Waals surface area contributed by atoms with E-state index in [4.69, 9.17) is 0 Å². The van der Waals surface area contributed by atoms with Gasteiger partial charge in [-0.1, -0.05) is 0 Å². The third-order valence-electron chi connectivity index (χ3n) is 1.54. The number of hydrogen-bond acceptors (Lipinski definition) is 1. The van der Waals surface area contributed by atoms with Gasteiger partial charge < -0.3 is 5.32 Å². The molecule has 0 unspecified atom stereocenters. The standard InChI is InChI=1S/C6H14N2OS/c1-10(2)8-5-3-4-7-6(8)9/h10H,3-5H2,1-2H3,(H,7,9). The summed E-state index contributed by atoms with van der Waals surface area (Å²) in [4.78, 5) is 11.1. The SMILES string of the molecule is C[SH](C)N1CCCNC1=O. The minimum atomic E-state index is -0.237. The van der Waals surface area contributed by atoms with Crippen molar-refractivity contribution in [1.29, 1.82) is 0 Å². The van der Waals surface area contributed by atoms with Gasteiger partial charge in [-0.05, 0) is 18.9 Å². The van der Waals surface area contributed by atoms with E-state index in [1.54, 1.807) is 0 Å². The van der Waals surface area contributed by atoms with Crippen molar-refractivity contribution >= 4 is 17.1 Å². The van der Waals surface area contributed by atoms with E-state index in [2.05, 4.69) is 17.8 Å². The highest BCUT2D eigenvalue weighted by atomic mass is 32.2. The van der Waals surface area contributed by atoms with E-state index in [0.717, 1.165) is 19.5 Å². The Morgan fingerprint density at radius 1 is 1.60 bits per heavy atom. The number of rotatable bonds is 1. The van der Waals surface area contributed by atoms with Gasteiger partial charge in [0.15, 0.2) is 0 Å². The van der Waals surface area contributed by atoms with Crippen LogP contribution in [0.15, 0.2) is 0 Å². The van der Waals surface area contributed by atoms with Crippen molar-refractivity contribution in [2.75, 3.05) is 25.6 Å². The maximum Gasteiger partial charge on any atom is 0.325 e. The molecule has 1 N–H and O–H groups in total. The van der Waals surface area contributed by atoms with Crippen LogP contribution < -0.4 is 5.32 Å². The van der Waals surface area contributed by atoms with Gasteiger partial charge in [-0.25, -0.2) is 4.79 Å². The minimum Gasteiger partial charge on any atom is -0.337 e. The first-order valence-corrected chi connectivity index (χ1v) is 5.63. The largest absolute Gasteiger partial charge is 0.337 e. The van der Waals surface area contributed by atoms with Crippen LogP contribution >= 0.6 is 11.1 Å². The Labute approximate surface area is 64.3 Å². The Morgan fingerprint density at radius 3 is 2.70 bits per heavy atom. The molecular formula is C6H14N2OS. The summed E-state index contributed by atoms with van der Waals surface area (Å²) in [7, 11) is 0. The summed E-state index contributed by atoms with van der Waals surface area (Å²) in [5.74, 6) is 0.